The topological polar surface area (TPSA) is 52.9 Å². The van der Waals surface area contributed by atoms with Gasteiger partial charge >= 0.3 is 0 Å². The molecule has 3 nitrogen and oxygen atoms in total. The number of nitriles is 1. The van der Waals surface area contributed by atoms with Gasteiger partial charge < -0.3 is 5.32 Å². The number of benzene rings is 1. The minimum Gasteiger partial charge on any atom is -0.337 e. The minimum absolute atomic E-state index is 0.101. The number of thioether (sulfide) groups is 1. The molecule has 1 amide bonds. The van der Waals surface area contributed by atoms with Gasteiger partial charge in [-0.15, -0.1) is 11.8 Å². The van der Waals surface area contributed by atoms with Gasteiger partial charge in [0.2, 0.25) is 5.91 Å². The Labute approximate surface area is 122 Å². The van der Waals surface area contributed by atoms with Gasteiger partial charge in [0.25, 0.3) is 0 Å². The first-order chi connectivity index (χ1) is 9.03. The smallest absolute Gasteiger partial charge is 0.231 e. The van der Waals surface area contributed by atoms with E-state index in [1.165, 1.54) is 11.8 Å². The average Bonchev–Trinajstić information content (AvgIpc) is 3.22. The summed E-state index contributed by atoms with van der Waals surface area (Å²) >= 11 is 7.24. The Morgan fingerprint density at radius 1 is 1.53 bits per heavy atom. The number of carbonyl (C=O) groups is 1. The maximum Gasteiger partial charge on any atom is 0.231 e. The molecule has 1 aliphatic carbocycles. The molecule has 0 aliphatic heterocycles. The molecule has 19 heavy (non-hydrogen) atoms. The van der Waals surface area contributed by atoms with Crippen molar-refractivity contribution in [1.29, 1.82) is 5.26 Å². The van der Waals surface area contributed by atoms with Crippen molar-refractivity contribution >= 4 is 29.3 Å². The van der Waals surface area contributed by atoms with Crippen molar-refractivity contribution < 1.29 is 4.79 Å². The van der Waals surface area contributed by atoms with Crippen molar-refractivity contribution in [2.45, 2.75) is 30.2 Å². The third-order valence-corrected chi connectivity index (χ3v) is 4.47. The highest BCUT2D eigenvalue weighted by molar-refractivity contribution is 8.00. The van der Waals surface area contributed by atoms with E-state index in [1.807, 2.05) is 12.1 Å². The van der Waals surface area contributed by atoms with E-state index in [4.69, 9.17) is 11.6 Å². The highest BCUT2D eigenvalue weighted by Crippen LogP contribution is 2.39. The largest absolute Gasteiger partial charge is 0.337 e. The Balaban J connectivity index is 1.84. The lowest BCUT2D eigenvalue weighted by molar-refractivity contribution is -0.119. The summed E-state index contributed by atoms with van der Waals surface area (Å²) in [5, 5.41) is 12.7. The number of rotatable bonds is 5. The molecule has 1 fully saturated rings. The van der Waals surface area contributed by atoms with Gasteiger partial charge in [-0.05, 0) is 49.9 Å². The number of halogens is 1. The predicted molar refractivity (Wildman–Crippen MR) is 77.1 cm³/mol. The summed E-state index contributed by atoms with van der Waals surface area (Å²) in [6.07, 6.45) is 2.04. The molecule has 1 atom stereocenters. The summed E-state index contributed by atoms with van der Waals surface area (Å²) in [6.45, 7) is 1.80. The number of nitrogens with zero attached hydrogens (tertiary/aromatic N) is 1. The van der Waals surface area contributed by atoms with E-state index in [0.717, 1.165) is 17.7 Å². The molecule has 0 bridgehead atoms. The third kappa shape index (κ3) is 3.89. The maximum atomic E-state index is 11.9. The van der Waals surface area contributed by atoms with Crippen LogP contribution in [0.1, 0.15) is 19.8 Å². The first-order valence-electron chi connectivity index (χ1n) is 6.14. The van der Waals surface area contributed by atoms with Crippen LogP contribution in [0.25, 0.3) is 0 Å². The van der Waals surface area contributed by atoms with E-state index in [9.17, 15) is 10.1 Å². The fourth-order valence-corrected chi connectivity index (χ4v) is 2.71. The molecule has 5 heteroatoms. The van der Waals surface area contributed by atoms with Crippen LogP contribution in [-0.2, 0) is 4.79 Å². The van der Waals surface area contributed by atoms with Crippen LogP contribution < -0.4 is 5.32 Å². The molecule has 2 rings (SSSR count). The van der Waals surface area contributed by atoms with Crippen molar-refractivity contribution in [2.24, 2.45) is 5.92 Å². The predicted octanol–water partition coefficient (Wildman–Crippen LogP) is 3.24. The lowest BCUT2D eigenvalue weighted by Gasteiger charge is -2.22. The summed E-state index contributed by atoms with van der Waals surface area (Å²) in [5.74, 6) is 0.518. The number of hydrogen-bond donors (Lipinski definition) is 1. The molecule has 1 N–H and O–H groups in total. The number of amides is 1. The molecule has 1 aromatic rings. The second-order valence-electron chi connectivity index (χ2n) is 4.88. The zero-order valence-corrected chi connectivity index (χ0v) is 12.2. The Hall–Kier alpha value is -1.18. The van der Waals surface area contributed by atoms with Crippen LogP contribution in [0.3, 0.4) is 0 Å². The summed E-state index contributed by atoms with van der Waals surface area (Å²) in [6, 6.07) is 9.57. The van der Waals surface area contributed by atoms with E-state index in [0.29, 0.717) is 16.7 Å². The summed E-state index contributed by atoms with van der Waals surface area (Å²) in [5.41, 5.74) is -0.711. The molecule has 1 saturated carbocycles. The van der Waals surface area contributed by atoms with E-state index in [-0.39, 0.29) is 5.91 Å². The highest BCUT2D eigenvalue weighted by atomic mass is 35.5. The molecule has 100 valence electrons. The molecule has 0 spiro atoms. The number of nitrogens with one attached hydrogen (secondary N) is 1. The van der Waals surface area contributed by atoms with E-state index in [1.54, 1.807) is 19.1 Å². The molecule has 0 aromatic heterocycles. The van der Waals surface area contributed by atoms with Crippen molar-refractivity contribution in [1.82, 2.24) is 5.32 Å². The monoisotopic (exact) mass is 294 g/mol. The maximum absolute atomic E-state index is 11.9. The van der Waals surface area contributed by atoms with Crippen LogP contribution in [0.2, 0.25) is 5.02 Å². The van der Waals surface area contributed by atoms with Gasteiger partial charge in [0.1, 0.15) is 5.54 Å². The van der Waals surface area contributed by atoms with Crippen LogP contribution in [0.5, 0.6) is 0 Å². The second kappa shape index (κ2) is 5.85. The lowest BCUT2D eigenvalue weighted by Crippen LogP contribution is -2.47. The zero-order chi connectivity index (χ0) is 13.9. The highest BCUT2D eigenvalue weighted by Gasteiger charge is 2.42. The first-order valence-corrected chi connectivity index (χ1v) is 7.50. The summed E-state index contributed by atoms with van der Waals surface area (Å²) in [4.78, 5) is 12.9. The van der Waals surface area contributed by atoms with Crippen LogP contribution in [0.15, 0.2) is 29.2 Å². The second-order valence-corrected chi connectivity index (χ2v) is 6.36. The van der Waals surface area contributed by atoms with Gasteiger partial charge in [-0.3, -0.25) is 4.79 Å². The normalized spacial score (nSPS) is 17.3. The van der Waals surface area contributed by atoms with Gasteiger partial charge in [0.05, 0.1) is 11.8 Å². The SMILES string of the molecule is CC(C#N)(NC(=O)CSc1ccc(Cl)cc1)C1CC1. The molecular formula is C14H15ClN2OS. The average molecular weight is 295 g/mol. The first kappa shape index (κ1) is 14.2. The summed E-state index contributed by atoms with van der Waals surface area (Å²) in [7, 11) is 0. The Morgan fingerprint density at radius 2 is 2.16 bits per heavy atom. The quantitative estimate of drug-likeness (QED) is 0.848. The fourth-order valence-electron chi connectivity index (χ4n) is 1.89. The Kier molecular flexibility index (Phi) is 4.38. The molecule has 0 saturated heterocycles. The van der Waals surface area contributed by atoms with Crippen molar-refractivity contribution in [3.8, 4) is 6.07 Å². The number of carbonyl (C=O) groups excluding carboxylic acids is 1. The minimum atomic E-state index is -0.711. The third-order valence-electron chi connectivity index (χ3n) is 3.21. The van der Waals surface area contributed by atoms with Crippen molar-refractivity contribution in [3.05, 3.63) is 29.3 Å². The van der Waals surface area contributed by atoms with Gasteiger partial charge in [-0.2, -0.15) is 5.26 Å². The van der Waals surface area contributed by atoms with Crippen molar-refractivity contribution in [3.63, 3.8) is 0 Å². The molecule has 0 radical (unpaired) electrons. The zero-order valence-electron chi connectivity index (χ0n) is 10.6. The Morgan fingerprint density at radius 3 is 2.68 bits per heavy atom. The van der Waals surface area contributed by atoms with Crippen molar-refractivity contribution in [2.75, 3.05) is 5.75 Å². The Bertz CT molecular complexity index is 507. The van der Waals surface area contributed by atoms with Crippen LogP contribution in [0, 0.1) is 17.2 Å². The fraction of sp³-hybridized carbons (Fsp3) is 0.429. The summed E-state index contributed by atoms with van der Waals surface area (Å²) < 4.78 is 0. The molecular weight excluding hydrogens is 280 g/mol. The van der Waals surface area contributed by atoms with E-state index in [2.05, 4.69) is 11.4 Å². The molecule has 1 aromatic carbocycles. The van der Waals surface area contributed by atoms with Crippen LogP contribution >= 0.6 is 23.4 Å². The molecule has 1 unspecified atom stereocenters. The van der Waals surface area contributed by atoms with Crippen LogP contribution in [-0.4, -0.2) is 17.2 Å². The molecule has 1 aliphatic rings. The van der Waals surface area contributed by atoms with Gasteiger partial charge in [-0.1, -0.05) is 11.6 Å². The van der Waals surface area contributed by atoms with E-state index < -0.39 is 5.54 Å². The van der Waals surface area contributed by atoms with Gasteiger partial charge in [-0.25, -0.2) is 0 Å². The van der Waals surface area contributed by atoms with E-state index >= 15 is 0 Å². The standard InChI is InChI=1S/C14H15ClN2OS/c1-14(9-16,10-2-3-10)17-13(18)8-19-12-6-4-11(15)5-7-12/h4-7,10H,2-3,8H2,1H3,(H,17,18). The number of hydrogen-bond acceptors (Lipinski definition) is 3. The van der Waals surface area contributed by atoms with Gasteiger partial charge in [0, 0.05) is 9.92 Å². The van der Waals surface area contributed by atoms with Gasteiger partial charge in [0.15, 0.2) is 0 Å². The van der Waals surface area contributed by atoms with Crippen LogP contribution in [0.4, 0.5) is 0 Å². The lowest BCUT2D eigenvalue weighted by atomic mass is 9.98. The molecule has 0 heterocycles.